The summed E-state index contributed by atoms with van der Waals surface area (Å²) < 4.78 is 25.4. The summed E-state index contributed by atoms with van der Waals surface area (Å²) in [5, 5.41) is 2.76. The Hall–Kier alpha value is -0.180. The molecule has 0 radical (unpaired) electrons. The van der Waals surface area contributed by atoms with Gasteiger partial charge in [0.25, 0.3) is 5.92 Å². The zero-order chi connectivity index (χ0) is 7.99. The van der Waals surface area contributed by atoms with E-state index in [0.29, 0.717) is 6.54 Å². The van der Waals surface area contributed by atoms with Gasteiger partial charge in [0.2, 0.25) is 0 Å². The summed E-state index contributed by atoms with van der Waals surface area (Å²) >= 11 is 0. The van der Waals surface area contributed by atoms with Crippen LogP contribution >= 0.6 is 0 Å². The summed E-state index contributed by atoms with van der Waals surface area (Å²) in [5.74, 6) is -2.92. The first-order valence-electron chi connectivity index (χ1n) is 3.47. The summed E-state index contributed by atoms with van der Waals surface area (Å²) in [5.41, 5.74) is -0.782. The molecule has 1 nitrogen and oxygen atoms in total. The van der Waals surface area contributed by atoms with Crippen LogP contribution in [0, 0.1) is 11.3 Å². The van der Waals surface area contributed by atoms with Crippen LogP contribution in [0.4, 0.5) is 8.78 Å². The van der Waals surface area contributed by atoms with Crippen molar-refractivity contribution < 1.29 is 8.78 Å². The van der Waals surface area contributed by atoms with E-state index < -0.39 is 17.3 Å². The molecule has 1 rings (SSSR count). The van der Waals surface area contributed by atoms with Crippen molar-refractivity contribution in [3.05, 3.63) is 0 Å². The van der Waals surface area contributed by atoms with Crippen LogP contribution in [-0.4, -0.2) is 19.5 Å². The number of hydrogen-bond acceptors (Lipinski definition) is 1. The highest BCUT2D eigenvalue weighted by atomic mass is 19.3. The molecule has 0 spiro atoms. The third-order valence-corrected chi connectivity index (χ3v) is 2.49. The molecule has 0 saturated heterocycles. The van der Waals surface area contributed by atoms with Crippen LogP contribution in [0.5, 0.6) is 0 Å². The third kappa shape index (κ3) is 0.764. The zero-order valence-electron chi connectivity index (χ0n) is 6.54. The highest BCUT2D eigenvalue weighted by molar-refractivity contribution is 5.13. The topological polar surface area (TPSA) is 12.0 Å². The lowest BCUT2D eigenvalue weighted by Gasteiger charge is -1.96. The molecule has 60 valence electrons. The van der Waals surface area contributed by atoms with Gasteiger partial charge in [-0.05, 0) is 7.05 Å². The van der Waals surface area contributed by atoms with Crippen LogP contribution in [0.3, 0.4) is 0 Å². The molecule has 3 heteroatoms. The van der Waals surface area contributed by atoms with Gasteiger partial charge in [0, 0.05) is 17.9 Å². The number of alkyl halides is 2. The van der Waals surface area contributed by atoms with E-state index in [1.807, 2.05) is 0 Å². The Bertz CT molecular complexity index is 129. The number of halogens is 2. The van der Waals surface area contributed by atoms with Crippen molar-refractivity contribution >= 4 is 0 Å². The molecule has 10 heavy (non-hydrogen) atoms. The van der Waals surface area contributed by atoms with Gasteiger partial charge in [-0.2, -0.15) is 0 Å². The van der Waals surface area contributed by atoms with E-state index in [9.17, 15) is 8.78 Å². The van der Waals surface area contributed by atoms with Crippen molar-refractivity contribution in [2.45, 2.75) is 19.8 Å². The quantitative estimate of drug-likeness (QED) is 0.627. The van der Waals surface area contributed by atoms with Crippen LogP contribution in [0.25, 0.3) is 0 Å². The van der Waals surface area contributed by atoms with Gasteiger partial charge < -0.3 is 5.32 Å². The minimum atomic E-state index is -2.45. The first-order valence-corrected chi connectivity index (χ1v) is 3.47. The van der Waals surface area contributed by atoms with E-state index in [1.165, 1.54) is 0 Å². The molecule has 0 bridgehead atoms. The Morgan fingerprint density at radius 2 is 1.80 bits per heavy atom. The first-order chi connectivity index (χ1) is 4.44. The fraction of sp³-hybridized carbons (Fsp3) is 1.00. The summed E-state index contributed by atoms with van der Waals surface area (Å²) in [6.45, 7) is 3.63. The third-order valence-electron chi connectivity index (χ3n) is 2.49. The standard InChI is InChI=1S/C7H13F2N/c1-6(2)5(4-10-3)7(6,8)9/h5,10H,4H2,1-3H3/t5-/m0/s1. The Balaban J connectivity index is 2.54. The van der Waals surface area contributed by atoms with Gasteiger partial charge in [-0.1, -0.05) is 13.8 Å². The lowest BCUT2D eigenvalue weighted by Crippen LogP contribution is -2.13. The normalized spacial score (nSPS) is 33.9. The Morgan fingerprint density at radius 3 is 1.90 bits per heavy atom. The van der Waals surface area contributed by atoms with Crippen molar-refractivity contribution in [2.75, 3.05) is 13.6 Å². The molecule has 0 aromatic rings. The van der Waals surface area contributed by atoms with E-state index in [1.54, 1.807) is 20.9 Å². The average molecular weight is 149 g/mol. The maximum atomic E-state index is 12.7. The molecule has 0 heterocycles. The molecule has 0 amide bonds. The molecule has 0 unspecified atom stereocenters. The van der Waals surface area contributed by atoms with Gasteiger partial charge in [-0.25, -0.2) is 8.78 Å². The van der Waals surface area contributed by atoms with Crippen LogP contribution in [0.2, 0.25) is 0 Å². The molecule has 1 fully saturated rings. The molecule has 1 aliphatic carbocycles. The Morgan fingerprint density at radius 1 is 1.40 bits per heavy atom. The second-order valence-corrected chi connectivity index (χ2v) is 3.45. The molecule has 1 N–H and O–H groups in total. The smallest absolute Gasteiger partial charge is 0.258 e. The maximum Gasteiger partial charge on any atom is 0.258 e. The predicted molar refractivity (Wildman–Crippen MR) is 36.1 cm³/mol. The van der Waals surface area contributed by atoms with Crippen molar-refractivity contribution in [3.63, 3.8) is 0 Å². The average Bonchev–Trinajstić information content (AvgIpc) is 2.13. The fourth-order valence-corrected chi connectivity index (χ4v) is 1.34. The van der Waals surface area contributed by atoms with Crippen LogP contribution in [0.1, 0.15) is 13.8 Å². The van der Waals surface area contributed by atoms with E-state index in [-0.39, 0.29) is 0 Å². The minimum Gasteiger partial charge on any atom is -0.319 e. The maximum absolute atomic E-state index is 12.7. The lowest BCUT2D eigenvalue weighted by atomic mass is 10.1. The Kier molecular flexibility index (Phi) is 1.51. The van der Waals surface area contributed by atoms with Crippen LogP contribution < -0.4 is 5.32 Å². The van der Waals surface area contributed by atoms with Crippen molar-refractivity contribution in [1.29, 1.82) is 0 Å². The molecule has 0 aliphatic heterocycles. The summed E-state index contributed by atoms with van der Waals surface area (Å²) in [4.78, 5) is 0. The summed E-state index contributed by atoms with van der Waals surface area (Å²) in [6.07, 6.45) is 0. The minimum absolute atomic E-state index is 0.417. The fourth-order valence-electron chi connectivity index (χ4n) is 1.34. The lowest BCUT2D eigenvalue weighted by molar-refractivity contribution is 0.0668. The molecule has 1 saturated carbocycles. The number of nitrogens with one attached hydrogen (secondary N) is 1. The molecule has 1 aliphatic rings. The summed E-state index contributed by atoms with van der Waals surface area (Å²) in [6, 6.07) is 0. The van der Waals surface area contributed by atoms with E-state index in [4.69, 9.17) is 0 Å². The van der Waals surface area contributed by atoms with Crippen molar-refractivity contribution in [3.8, 4) is 0 Å². The molecular weight excluding hydrogens is 136 g/mol. The number of rotatable bonds is 2. The van der Waals surface area contributed by atoms with Gasteiger partial charge >= 0.3 is 0 Å². The number of hydrogen-bond donors (Lipinski definition) is 1. The highest BCUT2D eigenvalue weighted by Gasteiger charge is 2.74. The van der Waals surface area contributed by atoms with Gasteiger partial charge in [-0.3, -0.25) is 0 Å². The summed E-state index contributed by atoms with van der Waals surface area (Å²) in [7, 11) is 1.70. The van der Waals surface area contributed by atoms with Crippen molar-refractivity contribution in [1.82, 2.24) is 5.32 Å². The second kappa shape index (κ2) is 1.91. The SMILES string of the molecule is CNC[C@H]1C(C)(C)C1(F)F. The predicted octanol–water partition coefficient (Wildman–Crippen LogP) is 1.50. The van der Waals surface area contributed by atoms with Gasteiger partial charge in [0.15, 0.2) is 0 Å². The monoisotopic (exact) mass is 149 g/mol. The van der Waals surface area contributed by atoms with E-state index >= 15 is 0 Å². The van der Waals surface area contributed by atoms with E-state index in [0.717, 1.165) is 0 Å². The van der Waals surface area contributed by atoms with Gasteiger partial charge in [0.05, 0.1) is 0 Å². The highest BCUT2D eigenvalue weighted by Crippen LogP contribution is 2.64. The zero-order valence-corrected chi connectivity index (χ0v) is 6.54. The van der Waals surface area contributed by atoms with E-state index in [2.05, 4.69) is 5.32 Å². The molecule has 1 atom stereocenters. The molecule has 0 aromatic carbocycles. The van der Waals surface area contributed by atoms with Gasteiger partial charge in [-0.15, -0.1) is 0 Å². The largest absolute Gasteiger partial charge is 0.319 e. The molecule has 0 aromatic heterocycles. The van der Waals surface area contributed by atoms with Crippen molar-refractivity contribution in [2.24, 2.45) is 11.3 Å². The second-order valence-electron chi connectivity index (χ2n) is 3.45. The van der Waals surface area contributed by atoms with Crippen LogP contribution in [0.15, 0.2) is 0 Å². The molecular formula is C7H13F2N. The van der Waals surface area contributed by atoms with Gasteiger partial charge in [0.1, 0.15) is 0 Å². The van der Waals surface area contributed by atoms with Crippen LogP contribution in [-0.2, 0) is 0 Å². The first kappa shape index (κ1) is 7.92. The Labute approximate surface area is 59.8 Å².